The van der Waals surface area contributed by atoms with Crippen molar-refractivity contribution >= 4 is 5.97 Å². The molecule has 0 aromatic carbocycles. The average Bonchev–Trinajstić information content (AvgIpc) is 2.39. The van der Waals surface area contributed by atoms with Crippen molar-refractivity contribution in [2.24, 2.45) is 0 Å². The summed E-state index contributed by atoms with van der Waals surface area (Å²) < 4.78 is 4.78. The van der Waals surface area contributed by atoms with Crippen LogP contribution in [0, 0.1) is 0 Å². The molecule has 0 aliphatic carbocycles. The van der Waals surface area contributed by atoms with E-state index in [4.69, 9.17) is 9.52 Å². The van der Waals surface area contributed by atoms with Crippen molar-refractivity contribution in [1.29, 1.82) is 0 Å². The Kier molecular flexibility index (Phi) is 2.68. The zero-order valence-corrected chi connectivity index (χ0v) is 5.91. The molecule has 60 valence electrons. The van der Waals surface area contributed by atoms with E-state index in [-0.39, 0.29) is 6.54 Å². The summed E-state index contributed by atoms with van der Waals surface area (Å²) in [6, 6.07) is 1.79. The summed E-state index contributed by atoms with van der Waals surface area (Å²) >= 11 is 0. The highest BCUT2D eigenvalue weighted by Gasteiger charge is 1.96. The molecular formula is C7H9NO3. The van der Waals surface area contributed by atoms with Gasteiger partial charge in [0, 0.05) is 12.1 Å². The molecular weight excluding hydrogens is 146 g/mol. The van der Waals surface area contributed by atoms with Gasteiger partial charge in [-0.05, 0) is 6.07 Å². The number of nitrogens with one attached hydrogen (secondary N) is 1. The summed E-state index contributed by atoms with van der Waals surface area (Å²) in [5.74, 6) is -0.853. The molecule has 0 fully saturated rings. The smallest absolute Gasteiger partial charge is 0.317 e. The number of furan rings is 1. The summed E-state index contributed by atoms with van der Waals surface area (Å²) in [6.07, 6.45) is 3.13. The monoisotopic (exact) mass is 155 g/mol. The van der Waals surface area contributed by atoms with Crippen LogP contribution in [0.25, 0.3) is 0 Å². The lowest BCUT2D eigenvalue weighted by Gasteiger charge is -1.96. The van der Waals surface area contributed by atoms with Crippen molar-refractivity contribution in [3.63, 3.8) is 0 Å². The Balaban J connectivity index is 2.19. The Bertz CT molecular complexity index is 218. The first kappa shape index (κ1) is 7.81. The van der Waals surface area contributed by atoms with Crippen LogP contribution in [-0.2, 0) is 11.3 Å². The molecule has 2 N–H and O–H groups in total. The first-order valence-corrected chi connectivity index (χ1v) is 3.22. The van der Waals surface area contributed by atoms with Crippen molar-refractivity contribution in [3.05, 3.63) is 24.2 Å². The molecule has 0 saturated carbocycles. The van der Waals surface area contributed by atoms with Gasteiger partial charge in [0.15, 0.2) is 0 Å². The fraction of sp³-hybridized carbons (Fsp3) is 0.286. The van der Waals surface area contributed by atoms with Gasteiger partial charge >= 0.3 is 5.97 Å². The minimum atomic E-state index is -0.853. The Morgan fingerprint density at radius 1 is 1.73 bits per heavy atom. The topological polar surface area (TPSA) is 62.5 Å². The molecule has 11 heavy (non-hydrogen) atoms. The minimum absolute atomic E-state index is 0.0226. The van der Waals surface area contributed by atoms with E-state index in [2.05, 4.69) is 5.32 Å². The molecule has 1 heterocycles. The maximum absolute atomic E-state index is 10.0. The van der Waals surface area contributed by atoms with Gasteiger partial charge in [-0.3, -0.25) is 4.79 Å². The highest BCUT2D eigenvalue weighted by Crippen LogP contribution is 1.97. The van der Waals surface area contributed by atoms with E-state index < -0.39 is 5.97 Å². The number of aliphatic carboxylic acids is 1. The number of carbonyl (C=O) groups is 1. The van der Waals surface area contributed by atoms with Crippen LogP contribution in [0.3, 0.4) is 0 Å². The Labute approximate surface area is 63.8 Å². The van der Waals surface area contributed by atoms with Gasteiger partial charge in [0.25, 0.3) is 0 Å². The van der Waals surface area contributed by atoms with E-state index in [0.29, 0.717) is 6.54 Å². The summed E-state index contributed by atoms with van der Waals surface area (Å²) in [6.45, 7) is 0.508. The molecule has 4 heteroatoms. The van der Waals surface area contributed by atoms with Crippen LogP contribution in [0.4, 0.5) is 0 Å². The van der Waals surface area contributed by atoms with Gasteiger partial charge in [0.2, 0.25) is 0 Å². The van der Waals surface area contributed by atoms with E-state index in [0.717, 1.165) is 5.56 Å². The second-order valence-electron chi connectivity index (χ2n) is 2.13. The lowest BCUT2D eigenvalue weighted by Crippen LogP contribution is -2.21. The van der Waals surface area contributed by atoms with E-state index in [1.807, 2.05) is 0 Å². The normalized spacial score (nSPS) is 9.82. The third kappa shape index (κ3) is 2.86. The molecule has 0 amide bonds. The molecule has 4 nitrogen and oxygen atoms in total. The number of carboxylic acid groups (broad SMARTS) is 1. The standard InChI is InChI=1S/C7H9NO3/c9-7(10)4-8-3-6-1-2-11-5-6/h1-2,5,8H,3-4H2,(H,9,10). The predicted octanol–water partition coefficient (Wildman–Crippen LogP) is 0.454. The number of hydrogen-bond acceptors (Lipinski definition) is 3. The largest absolute Gasteiger partial charge is 0.480 e. The quantitative estimate of drug-likeness (QED) is 0.662. The molecule has 1 aromatic rings. The van der Waals surface area contributed by atoms with Gasteiger partial charge in [-0.15, -0.1) is 0 Å². The molecule has 1 rings (SSSR count). The van der Waals surface area contributed by atoms with Crippen molar-refractivity contribution in [2.45, 2.75) is 6.54 Å². The molecule has 0 aliphatic heterocycles. The third-order valence-electron chi connectivity index (χ3n) is 1.19. The Morgan fingerprint density at radius 3 is 3.09 bits per heavy atom. The first-order valence-electron chi connectivity index (χ1n) is 3.22. The fourth-order valence-electron chi connectivity index (χ4n) is 0.707. The molecule has 0 unspecified atom stereocenters. The highest BCUT2D eigenvalue weighted by atomic mass is 16.4. The van der Waals surface area contributed by atoms with Crippen LogP contribution in [0.15, 0.2) is 23.0 Å². The lowest BCUT2D eigenvalue weighted by molar-refractivity contribution is -0.135. The van der Waals surface area contributed by atoms with Gasteiger partial charge < -0.3 is 14.8 Å². The van der Waals surface area contributed by atoms with Gasteiger partial charge in [-0.1, -0.05) is 0 Å². The Morgan fingerprint density at radius 2 is 2.55 bits per heavy atom. The van der Waals surface area contributed by atoms with Gasteiger partial charge in [0.05, 0.1) is 19.1 Å². The SMILES string of the molecule is O=C(O)CNCc1ccoc1. The predicted molar refractivity (Wildman–Crippen MR) is 38.1 cm³/mol. The second kappa shape index (κ2) is 3.78. The summed E-state index contributed by atoms with van der Waals surface area (Å²) in [4.78, 5) is 10.0. The molecule has 1 aromatic heterocycles. The first-order chi connectivity index (χ1) is 5.29. The molecule has 0 spiro atoms. The average molecular weight is 155 g/mol. The van der Waals surface area contributed by atoms with Crippen molar-refractivity contribution in [3.8, 4) is 0 Å². The summed E-state index contributed by atoms with van der Waals surface area (Å²) in [7, 11) is 0. The lowest BCUT2D eigenvalue weighted by atomic mass is 10.3. The van der Waals surface area contributed by atoms with Gasteiger partial charge in [0.1, 0.15) is 0 Å². The number of carboxylic acids is 1. The van der Waals surface area contributed by atoms with Crippen molar-refractivity contribution in [2.75, 3.05) is 6.54 Å². The van der Waals surface area contributed by atoms with Crippen LogP contribution in [0.5, 0.6) is 0 Å². The minimum Gasteiger partial charge on any atom is -0.480 e. The van der Waals surface area contributed by atoms with E-state index >= 15 is 0 Å². The van der Waals surface area contributed by atoms with E-state index in [9.17, 15) is 4.79 Å². The summed E-state index contributed by atoms with van der Waals surface area (Å²) in [5.41, 5.74) is 0.950. The van der Waals surface area contributed by atoms with Gasteiger partial charge in [-0.2, -0.15) is 0 Å². The maximum atomic E-state index is 10.0. The number of rotatable bonds is 4. The van der Waals surface area contributed by atoms with Crippen LogP contribution < -0.4 is 5.32 Å². The maximum Gasteiger partial charge on any atom is 0.317 e. The van der Waals surface area contributed by atoms with Crippen LogP contribution in [-0.4, -0.2) is 17.6 Å². The van der Waals surface area contributed by atoms with E-state index in [1.54, 1.807) is 18.6 Å². The highest BCUT2D eigenvalue weighted by molar-refractivity contribution is 5.68. The molecule has 0 saturated heterocycles. The molecule has 0 aliphatic rings. The molecule has 0 radical (unpaired) electrons. The van der Waals surface area contributed by atoms with Crippen LogP contribution in [0.2, 0.25) is 0 Å². The van der Waals surface area contributed by atoms with Crippen molar-refractivity contribution < 1.29 is 14.3 Å². The molecule has 0 bridgehead atoms. The van der Waals surface area contributed by atoms with Gasteiger partial charge in [-0.25, -0.2) is 0 Å². The zero-order valence-electron chi connectivity index (χ0n) is 5.91. The van der Waals surface area contributed by atoms with Crippen molar-refractivity contribution in [1.82, 2.24) is 5.32 Å². The van der Waals surface area contributed by atoms with E-state index in [1.165, 1.54) is 0 Å². The second-order valence-corrected chi connectivity index (χ2v) is 2.13. The third-order valence-corrected chi connectivity index (χ3v) is 1.19. The summed E-state index contributed by atoms with van der Waals surface area (Å²) in [5, 5.41) is 11.0. The van der Waals surface area contributed by atoms with Crippen LogP contribution in [0.1, 0.15) is 5.56 Å². The zero-order chi connectivity index (χ0) is 8.10. The number of hydrogen-bond donors (Lipinski definition) is 2. The van der Waals surface area contributed by atoms with Crippen LogP contribution >= 0.6 is 0 Å². The Hall–Kier alpha value is -1.29. The molecule has 0 atom stereocenters. The fourth-order valence-corrected chi connectivity index (χ4v) is 0.707.